The number of nitriles is 1. The number of hydrogen-bond acceptors (Lipinski definition) is 4. The Bertz CT molecular complexity index is 1580. The molecule has 0 bridgehead atoms. The van der Waals surface area contributed by atoms with Gasteiger partial charge in [0, 0.05) is 23.8 Å². The molecule has 0 aliphatic heterocycles. The highest BCUT2D eigenvalue weighted by Crippen LogP contribution is 2.32. The molecule has 172 valence electrons. The Hall–Kier alpha value is -4.03. The summed E-state index contributed by atoms with van der Waals surface area (Å²) >= 11 is 0. The molecule has 0 atom stereocenters. The highest BCUT2D eigenvalue weighted by atomic mass is 32.2. The van der Waals surface area contributed by atoms with Crippen LogP contribution in [0.25, 0.3) is 5.52 Å². The fourth-order valence-corrected chi connectivity index (χ4v) is 5.62. The zero-order valence-corrected chi connectivity index (χ0v) is 18.7. The van der Waals surface area contributed by atoms with Gasteiger partial charge >= 0.3 is 5.97 Å². The van der Waals surface area contributed by atoms with E-state index in [-0.39, 0.29) is 23.3 Å². The van der Waals surface area contributed by atoms with E-state index in [9.17, 15) is 32.4 Å². The van der Waals surface area contributed by atoms with Crippen molar-refractivity contribution < 1.29 is 27.1 Å². The number of carboxylic acids is 1. The number of hydrogen-bond donors (Lipinski definition) is 1. The Morgan fingerprint density at radius 2 is 1.79 bits per heavy atom. The largest absolute Gasteiger partial charge is 0.481 e. The second-order valence-corrected chi connectivity index (χ2v) is 9.65. The molecule has 0 radical (unpaired) electrons. The molecule has 2 aromatic carbocycles. The Morgan fingerprint density at radius 3 is 2.44 bits per heavy atom. The quantitative estimate of drug-likeness (QED) is 0.411. The van der Waals surface area contributed by atoms with E-state index in [1.165, 1.54) is 18.3 Å². The number of aromatic nitrogens is 1. The molecule has 2 heterocycles. The van der Waals surface area contributed by atoms with Gasteiger partial charge in [0.2, 0.25) is 9.84 Å². The number of benzene rings is 2. The van der Waals surface area contributed by atoms with Crippen molar-refractivity contribution in [3.8, 4) is 6.07 Å². The van der Waals surface area contributed by atoms with Gasteiger partial charge < -0.3 is 9.51 Å². The van der Waals surface area contributed by atoms with E-state index in [0.717, 1.165) is 30.3 Å². The van der Waals surface area contributed by atoms with Crippen LogP contribution in [0.15, 0.2) is 70.6 Å². The van der Waals surface area contributed by atoms with E-state index in [1.54, 1.807) is 23.5 Å². The Balaban J connectivity index is 1.92. The summed E-state index contributed by atoms with van der Waals surface area (Å²) in [5, 5.41) is 18.7. The number of carboxylic acid groups (broad SMARTS) is 1. The summed E-state index contributed by atoms with van der Waals surface area (Å²) in [6, 6.07) is 13.2. The molecule has 6 nitrogen and oxygen atoms in total. The highest BCUT2D eigenvalue weighted by Gasteiger charge is 2.27. The van der Waals surface area contributed by atoms with Crippen molar-refractivity contribution in [2.24, 2.45) is 0 Å². The predicted molar refractivity (Wildman–Crippen MR) is 119 cm³/mol. The van der Waals surface area contributed by atoms with Gasteiger partial charge in [-0.2, -0.15) is 5.26 Å². The molecule has 4 rings (SSSR count). The number of rotatable bonds is 6. The molecule has 0 amide bonds. The summed E-state index contributed by atoms with van der Waals surface area (Å²) in [5.74, 6) is -2.62. The molecule has 0 aliphatic carbocycles. The summed E-state index contributed by atoms with van der Waals surface area (Å²) in [6.07, 6.45) is 1.22. The van der Waals surface area contributed by atoms with E-state index < -0.39 is 32.3 Å². The van der Waals surface area contributed by atoms with Crippen molar-refractivity contribution >= 4 is 21.3 Å². The second kappa shape index (κ2) is 8.72. The first-order valence-corrected chi connectivity index (χ1v) is 11.6. The van der Waals surface area contributed by atoms with Crippen LogP contribution < -0.4 is 0 Å². The van der Waals surface area contributed by atoms with Crippen molar-refractivity contribution in [3.05, 3.63) is 100 Å². The predicted octanol–water partition coefficient (Wildman–Crippen LogP) is 4.45. The zero-order valence-electron chi connectivity index (χ0n) is 17.9. The summed E-state index contributed by atoms with van der Waals surface area (Å²) in [4.78, 5) is 10.7. The van der Waals surface area contributed by atoms with E-state index in [2.05, 4.69) is 0 Å². The van der Waals surface area contributed by atoms with Gasteiger partial charge in [-0.05, 0) is 66.1 Å². The first-order chi connectivity index (χ1) is 16.1. The van der Waals surface area contributed by atoms with E-state index in [1.807, 2.05) is 6.07 Å². The molecule has 0 saturated carbocycles. The lowest BCUT2D eigenvalue weighted by molar-refractivity contribution is -0.136. The van der Waals surface area contributed by atoms with Gasteiger partial charge in [0.15, 0.2) is 0 Å². The lowest BCUT2D eigenvalue weighted by Crippen LogP contribution is -2.10. The monoisotopic (exact) mass is 480 g/mol. The average molecular weight is 480 g/mol. The van der Waals surface area contributed by atoms with Crippen molar-refractivity contribution in [1.82, 2.24) is 4.40 Å². The van der Waals surface area contributed by atoms with Crippen LogP contribution >= 0.6 is 0 Å². The third-order valence-corrected chi connectivity index (χ3v) is 7.58. The zero-order chi connectivity index (χ0) is 24.6. The first-order valence-electron chi connectivity index (χ1n) is 10.2. The van der Waals surface area contributed by atoms with Gasteiger partial charge in [0.1, 0.15) is 22.6 Å². The number of halogens is 2. The van der Waals surface area contributed by atoms with Crippen molar-refractivity contribution in [1.29, 1.82) is 5.26 Å². The molecule has 9 heteroatoms. The van der Waals surface area contributed by atoms with Crippen molar-refractivity contribution in [2.45, 2.75) is 29.6 Å². The minimum atomic E-state index is -4.33. The molecule has 2 aromatic heterocycles. The Labute approximate surface area is 194 Å². The molecule has 0 fully saturated rings. The van der Waals surface area contributed by atoms with Crippen LogP contribution in [0.2, 0.25) is 0 Å². The number of pyridine rings is 1. The topological polar surface area (TPSA) is 99.6 Å². The maximum Gasteiger partial charge on any atom is 0.307 e. The molecule has 0 aliphatic rings. The average Bonchev–Trinajstić information content (AvgIpc) is 3.04. The number of carbonyl (C=O) groups is 1. The van der Waals surface area contributed by atoms with Crippen LogP contribution in [-0.4, -0.2) is 23.9 Å². The normalized spacial score (nSPS) is 11.5. The molecule has 4 aromatic rings. The number of nitrogens with zero attached hydrogens (tertiary/aromatic N) is 2. The fourth-order valence-electron chi connectivity index (χ4n) is 4.08. The van der Waals surface area contributed by atoms with Crippen molar-refractivity contribution in [2.75, 3.05) is 0 Å². The van der Waals surface area contributed by atoms with Gasteiger partial charge in [-0.15, -0.1) is 0 Å². The second-order valence-electron chi connectivity index (χ2n) is 7.77. The van der Waals surface area contributed by atoms with Crippen molar-refractivity contribution in [3.63, 3.8) is 0 Å². The molecular formula is C25H18F2N2O4S. The van der Waals surface area contributed by atoms with Gasteiger partial charge in [0.25, 0.3) is 0 Å². The lowest BCUT2D eigenvalue weighted by Gasteiger charge is -2.13. The smallest absolute Gasteiger partial charge is 0.307 e. The number of sulfone groups is 1. The van der Waals surface area contributed by atoms with Gasteiger partial charge in [-0.1, -0.05) is 12.1 Å². The summed E-state index contributed by atoms with van der Waals surface area (Å²) in [6.45, 7) is 1.71. The number of fused-ring (bicyclic) bond motifs is 1. The van der Waals surface area contributed by atoms with E-state index >= 15 is 0 Å². The lowest BCUT2D eigenvalue weighted by atomic mass is 10.0. The third kappa shape index (κ3) is 4.04. The standard InChI is InChI=1S/C25H18F2N2O4S/c1-15-20(12-24(30)31)22-10-5-16(13-28)14-29(22)23(15)11-17-3-2-4-21(27)25(17)34(32,33)19-8-6-18(26)7-9-19/h2-10,14H,11-12H2,1H3,(H,30,31). The van der Waals surface area contributed by atoms with Gasteiger partial charge in [-0.25, -0.2) is 17.2 Å². The third-order valence-electron chi connectivity index (χ3n) is 5.69. The first kappa shape index (κ1) is 23.1. The van der Waals surface area contributed by atoms with Crippen LogP contribution in [0.4, 0.5) is 8.78 Å². The maximum atomic E-state index is 14.9. The van der Waals surface area contributed by atoms with Crippen LogP contribution in [0, 0.1) is 29.9 Å². The van der Waals surface area contributed by atoms with Crippen LogP contribution in [0.1, 0.15) is 27.9 Å². The summed E-state index contributed by atoms with van der Waals surface area (Å²) < 4.78 is 56.5. The number of aliphatic carboxylic acids is 1. The SMILES string of the molecule is Cc1c(CC(=O)O)c2ccc(C#N)cn2c1Cc1cccc(F)c1S(=O)(=O)c1ccc(F)cc1. The minimum Gasteiger partial charge on any atom is -0.481 e. The Kier molecular flexibility index (Phi) is 5.94. The molecular weight excluding hydrogens is 462 g/mol. The molecule has 0 spiro atoms. The maximum absolute atomic E-state index is 14.9. The summed E-state index contributed by atoms with van der Waals surface area (Å²) in [7, 11) is -4.33. The van der Waals surface area contributed by atoms with Crippen LogP contribution in [0.5, 0.6) is 0 Å². The molecule has 0 unspecified atom stereocenters. The van der Waals surface area contributed by atoms with Crippen LogP contribution in [-0.2, 0) is 27.5 Å². The van der Waals surface area contributed by atoms with E-state index in [4.69, 9.17) is 0 Å². The Morgan fingerprint density at radius 1 is 1.09 bits per heavy atom. The summed E-state index contributed by atoms with van der Waals surface area (Å²) in [5.41, 5.74) is 2.69. The fraction of sp³-hybridized carbons (Fsp3) is 0.120. The minimum absolute atomic E-state index is 0.0466. The van der Waals surface area contributed by atoms with E-state index in [0.29, 0.717) is 27.9 Å². The highest BCUT2D eigenvalue weighted by molar-refractivity contribution is 7.91. The molecule has 0 saturated heterocycles. The molecule has 34 heavy (non-hydrogen) atoms. The van der Waals surface area contributed by atoms with Gasteiger partial charge in [0.05, 0.1) is 16.9 Å². The molecule has 1 N–H and O–H groups in total. The van der Waals surface area contributed by atoms with Gasteiger partial charge in [-0.3, -0.25) is 4.79 Å². The van der Waals surface area contributed by atoms with Crippen LogP contribution in [0.3, 0.4) is 0 Å².